The largest absolute Gasteiger partial charge is 0.351 e. The van der Waals surface area contributed by atoms with Gasteiger partial charge >= 0.3 is 0 Å². The summed E-state index contributed by atoms with van der Waals surface area (Å²) in [6.07, 6.45) is 0.750. The highest BCUT2D eigenvalue weighted by Gasteiger charge is 1.70. The second-order valence-corrected chi connectivity index (χ2v) is 2.69. The van der Waals surface area contributed by atoms with E-state index in [2.05, 4.69) is 0 Å². The Labute approximate surface area is 75.3 Å². The van der Waals surface area contributed by atoms with Crippen molar-refractivity contribution in [1.29, 1.82) is 0 Å². The number of amides is 1. The van der Waals surface area contributed by atoms with E-state index in [1.54, 1.807) is 14.1 Å². The predicted molar refractivity (Wildman–Crippen MR) is 45.4 cm³/mol. The molecule has 0 heterocycles. The quantitative estimate of drug-likeness (QED) is 0.600. The molecule has 2 nitrogen and oxygen atoms in total. The lowest BCUT2D eigenvalue weighted by atomic mass is 11.0. The van der Waals surface area contributed by atoms with Gasteiger partial charge in [-0.3, -0.25) is 4.79 Å². The van der Waals surface area contributed by atoms with E-state index in [4.69, 9.17) is 34.8 Å². The minimum absolute atomic E-state index is 0.0895. The smallest absolute Gasteiger partial charge is 0.209 e. The van der Waals surface area contributed by atoms with Crippen molar-refractivity contribution in [2.24, 2.45) is 0 Å². The van der Waals surface area contributed by atoms with Crippen molar-refractivity contribution in [2.75, 3.05) is 14.1 Å². The lowest BCUT2D eigenvalue weighted by Gasteiger charge is -1.93. The molecule has 0 N–H and O–H groups in total. The van der Waals surface area contributed by atoms with E-state index in [0.717, 1.165) is 11.9 Å². The molecule has 0 rings (SSSR count). The van der Waals surface area contributed by atoms with Gasteiger partial charge < -0.3 is 4.90 Å². The fourth-order valence-electron chi connectivity index (χ4n) is 0. The summed E-state index contributed by atoms with van der Waals surface area (Å²) in [5.74, 6) is 0. The van der Waals surface area contributed by atoms with Gasteiger partial charge in [0.1, 0.15) is 4.49 Å². The molecule has 0 unspecified atom stereocenters. The molecule has 60 valence electrons. The maximum absolute atomic E-state index is 9.43. The molecule has 0 bridgehead atoms. The van der Waals surface area contributed by atoms with Crippen molar-refractivity contribution in [3.8, 4) is 0 Å². The Morgan fingerprint density at radius 2 is 1.60 bits per heavy atom. The van der Waals surface area contributed by atoms with Crippen LogP contribution in [0.3, 0.4) is 0 Å². The summed E-state index contributed by atoms with van der Waals surface area (Å²) >= 11 is 14.8. The molecular formula is C5H8Cl3NO. The molecular weight excluding hydrogens is 196 g/mol. The standard InChI is InChI=1S/C3H7NO.C2HCl3/c1-4(2)3-5;3-1-2(4)5/h3H,1-2H3;1H. The summed E-state index contributed by atoms with van der Waals surface area (Å²) in [6.45, 7) is 0. The van der Waals surface area contributed by atoms with Gasteiger partial charge in [-0.1, -0.05) is 34.8 Å². The van der Waals surface area contributed by atoms with Crippen LogP contribution in [0.5, 0.6) is 0 Å². The van der Waals surface area contributed by atoms with Crippen LogP contribution in [0.25, 0.3) is 0 Å². The molecule has 10 heavy (non-hydrogen) atoms. The maximum Gasteiger partial charge on any atom is 0.209 e. The van der Waals surface area contributed by atoms with Crippen LogP contribution in [0.4, 0.5) is 0 Å². The van der Waals surface area contributed by atoms with Crippen LogP contribution in [0.15, 0.2) is 10.0 Å². The van der Waals surface area contributed by atoms with Crippen molar-refractivity contribution in [2.45, 2.75) is 0 Å². The minimum atomic E-state index is 0.0895. The van der Waals surface area contributed by atoms with Gasteiger partial charge in [0.05, 0.1) is 0 Å². The molecule has 0 radical (unpaired) electrons. The van der Waals surface area contributed by atoms with Crippen LogP contribution in [0.1, 0.15) is 0 Å². The van der Waals surface area contributed by atoms with Gasteiger partial charge in [-0.2, -0.15) is 0 Å². The van der Waals surface area contributed by atoms with Crippen LogP contribution in [-0.2, 0) is 4.79 Å². The van der Waals surface area contributed by atoms with E-state index < -0.39 is 0 Å². The number of carbonyl (C=O) groups excluding carboxylic acids is 1. The summed E-state index contributed by atoms with van der Waals surface area (Å²) < 4.78 is 0.0895. The van der Waals surface area contributed by atoms with Crippen molar-refractivity contribution in [1.82, 2.24) is 4.90 Å². The van der Waals surface area contributed by atoms with E-state index in [0.29, 0.717) is 0 Å². The molecule has 0 spiro atoms. The van der Waals surface area contributed by atoms with Gasteiger partial charge in [0, 0.05) is 19.6 Å². The molecule has 0 aliphatic carbocycles. The predicted octanol–water partition coefficient (Wildman–Crippen LogP) is 2.21. The van der Waals surface area contributed by atoms with Crippen LogP contribution in [-0.4, -0.2) is 25.4 Å². The zero-order chi connectivity index (χ0) is 8.57. The first-order valence-corrected chi connectivity index (χ1v) is 3.47. The van der Waals surface area contributed by atoms with Gasteiger partial charge in [-0.15, -0.1) is 0 Å². The Kier molecular flexibility index (Phi) is 11.6. The first kappa shape index (κ1) is 12.7. The average Bonchev–Trinajstić information content (AvgIpc) is 1.89. The highest BCUT2D eigenvalue weighted by atomic mass is 35.5. The molecule has 0 saturated heterocycles. The summed E-state index contributed by atoms with van der Waals surface area (Å²) in [6, 6.07) is 0. The zero-order valence-electron chi connectivity index (χ0n) is 5.64. The Morgan fingerprint density at radius 1 is 1.40 bits per heavy atom. The summed E-state index contributed by atoms with van der Waals surface area (Å²) in [7, 11) is 3.38. The molecule has 1 amide bonds. The first-order valence-electron chi connectivity index (χ1n) is 2.27. The van der Waals surface area contributed by atoms with E-state index in [9.17, 15) is 4.79 Å². The summed E-state index contributed by atoms with van der Waals surface area (Å²) in [5, 5.41) is 0. The van der Waals surface area contributed by atoms with Crippen molar-refractivity contribution in [3.63, 3.8) is 0 Å². The van der Waals surface area contributed by atoms with Crippen molar-refractivity contribution < 1.29 is 4.79 Å². The number of nitrogens with zero attached hydrogens (tertiary/aromatic N) is 1. The first-order chi connectivity index (χ1) is 4.54. The lowest BCUT2D eigenvalue weighted by Crippen LogP contribution is -2.06. The highest BCUT2D eigenvalue weighted by molar-refractivity contribution is 6.58. The molecule has 0 aliphatic heterocycles. The minimum Gasteiger partial charge on any atom is -0.351 e. The van der Waals surface area contributed by atoms with E-state index in [1.165, 1.54) is 4.90 Å². The second-order valence-electron chi connectivity index (χ2n) is 1.47. The monoisotopic (exact) mass is 203 g/mol. The fraction of sp³-hybridized carbons (Fsp3) is 0.400. The molecule has 0 saturated carbocycles. The number of hydrogen-bond donors (Lipinski definition) is 0. The molecule has 0 aromatic heterocycles. The Balaban J connectivity index is 0. The van der Waals surface area contributed by atoms with Crippen LogP contribution in [0, 0.1) is 0 Å². The van der Waals surface area contributed by atoms with E-state index in [1.807, 2.05) is 0 Å². The summed E-state index contributed by atoms with van der Waals surface area (Å²) in [4.78, 5) is 10.9. The van der Waals surface area contributed by atoms with E-state index >= 15 is 0 Å². The molecule has 5 heteroatoms. The lowest BCUT2D eigenvalue weighted by molar-refractivity contribution is -0.115. The topological polar surface area (TPSA) is 20.3 Å². The number of carbonyl (C=O) groups is 1. The van der Waals surface area contributed by atoms with Gasteiger partial charge in [0.15, 0.2) is 0 Å². The Morgan fingerprint density at radius 3 is 1.60 bits per heavy atom. The van der Waals surface area contributed by atoms with Gasteiger partial charge in [0.2, 0.25) is 6.41 Å². The van der Waals surface area contributed by atoms with Gasteiger partial charge in [-0.05, 0) is 0 Å². The molecule has 0 atom stereocenters. The molecule has 0 fully saturated rings. The fourth-order valence-corrected chi connectivity index (χ4v) is 0. The normalized spacial score (nSPS) is 6.90. The Hall–Kier alpha value is 0.0800. The summed E-state index contributed by atoms with van der Waals surface area (Å²) in [5.41, 5.74) is 1.09. The zero-order valence-corrected chi connectivity index (χ0v) is 7.91. The van der Waals surface area contributed by atoms with Gasteiger partial charge in [0.25, 0.3) is 0 Å². The maximum atomic E-state index is 9.43. The SMILES string of the molecule is CN(C)C=O.ClC=C(Cl)Cl. The Bertz CT molecular complexity index is 109. The molecule has 0 aliphatic rings. The molecule has 0 aromatic carbocycles. The van der Waals surface area contributed by atoms with E-state index in [-0.39, 0.29) is 4.49 Å². The number of halogens is 3. The van der Waals surface area contributed by atoms with Gasteiger partial charge in [-0.25, -0.2) is 0 Å². The third-order valence-electron chi connectivity index (χ3n) is 0.293. The van der Waals surface area contributed by atoms with Crippen LogP contribution >= 0.6 is 34.8 Å². The third kappa shape index (κ3) is 24.3. The molecule has 0 aromatic rings. The number of rotatable bonds is 1. The third-order valence-corrected chi connectivity index (χ3v) is 0.953. The average molecular weight is 204 g/mol. The van der Waals surface area contributed by atoms with Crippen LogP contribution < -0.4 is 0 Å². The van der Waals surface area contributed by atoms with Crippen LogP contribution in [0.2, 0.25) is 0 Å². The second kappa shape index (κ2) is 9.08. The van der Waals surface area contributed by atoms with Crippen molar-refractivity contribution >= 4 is 41.2 Å². The highest BCUT2D eigenvalue weighted by Crippen LogP contribution is 2.05. The number of hydrogen-bond acceptors (Lipinski definition) is 1. The van der Waals surface area contributed by atoms with Crippen molar-refractivity contribution in [3.05, 3.63) is 10.0 Å².